The van der Waals surface area contributed by atoms with Crippen molar-refractivity contribution in [1.82, 2.24) is 9.55 Å². The van der Waals surface area contributed by atoms with Crippen LogP contribution in [0.15, 0.2) is 43.0 Å². The Kier molecular flexibility index (Phi) is 4.61. The highest BCUT2D eigenvalue weighted by atomic mass is 15.1. The van der Waals surface area contributed by atoms with E-state index in [1.54, 1.807) is 0 Å². The number of benzene rings is 1. The van der Waals surface area contributed by atoms with Crippen LogP contribution in [0.5, 0.6) is 0 Å². The smallest absolute Gasteiger partial charge is 0.127 e. The molecule has 106 valence electrons. The molecule has 0 radical (unpaired) electrons. The molecular weight excluding hydrogens is 246 g/mol. The lowest BCUT2D eigenvalue weighted by Gasteiger charge is -2.11. The molecule has 0 aliphatic rings. The van der Waals surface area contributed by atoms with Crippen molar-refractivity contribution >= 4 is 5.82 Å². The van der Waals surface area contributed by atoms with Gasteiger partial charge in [-0.25, -0.2) is 4.98 Å². The minimum absolute atomic E-state index is 0.412. The molecule has 2 N–H and O–H groups in total. The van der Waals surface area contributed by atoms with Crippen molar-refractivity contribution in [3.8, 4) is 0 Å². The summed E-state index contributed by atoms with van der Waals surface area (Å²) < 4.78 is 2.06. The number of aryl methyl sites for hydroxylation is 1. The predicted octanol–water partition coefficient (Wildman–Crippen LogP) is 3.56. The average molecular weight is 269 g/mol. The fourth-order valence-electron chi connectivity index (χ4n) is 2.51. The average Bonchev–Trinajstić information content (AvgIpc) is 2.77. The maximum Gasteiger partial charge on any atom is 0.127 e. The third-order valence-corrected chi connectivity index (χ3v) is 3.66. The van der Waals surface area contributed by atoms with Crippen molar-refractivity contribution in [2.45, 2.75) is 39.2 Å². The predicted molar refractivity (Wildman–Crippen MR) is 84.8 cm³/mol. The van der Waals surface area contributed by atoms with Crippen LogP contribution in [0.25, 0.3) is 0 Å². The van der Waals surface area contributed by atoms with Crippen LogP contribution in [-0.2, 0) is 19.4 Å². The lowest BCUT2D eigenvalue weighted by molar-refractivity contribution is 0.743. The monoisotopic (exact) mass is 269 g/mol. The Morgan fingerprint density at radius 1 is 1.35 bits per heavy atom. The van der Waals surface area contributed by atoms with Gasteiger partial charge in [-0.2, -0.15) is 0 Å². The van der Waals surface area contributed by atoms with E-state index >= 15 is 0 Å². The van der Waals surface area contributed by atoms with Gasteiger partial charge in [-0.3, -0.25) is 0 Å². The molecule has 0 aliphatic heterocycles. The highest BCUT2D eigenvalue weighted by Gasteiger charge is 2.16. The van der Waals surface area contributed by atoms with Gasteiger partial charge in [0.1, 0.15) is 11.6 Å². The molecule has 2 aromatic rings. The van der Waals surface area contributed by atoms with Gasteiger partial charge in [-0.15, -0.1) is 6.58 Å². The summed E-state index contributed by atoms with van der Waals surface area (Å²) in [6, 6.07) is 10.5. The van der Waals surface area contributed by atoms with Crippen molar-refractivity contribution < 1.29 is 0 Å². The largest absolute Gasteiger partial charge is 0.384 e. The summed E-state index contributed by atoms with van der Waals surface area (Å²) in [6.07, 6.45) is 3.62. The number of hydrogen-bond donors (Lipinski definition) is 1. The minimum Gasteiger partial charge on any atom is -0.384 e. The number of nitrogens with zero attached hydrogens (tertiary/aromatic N) is 2. The molecule has 0 spiro atoms. The van der Waals surface area contributed by atoms with Gasteiger partial charge in [0.25, 0.3) is 0 Å². The molecule has 0 fully saturated rings. The SMILES string of the molecule is C=CCn1c(CC)nc(CC(C)c2ccccc2)c1N. The normalized spacial score (nSPS) is 12.3. The summed E-state index contributed by atoms with van der Waals surface area (Å²) in [5.74, 6) is 2.23. The first kappa shape index (κ1) is 14.4. The summed E-state index contributed by atoms with van der Waals surface area (Å²) in [4.78, 5) is 4.70. The standard InChI is InChI=1S/C17H23N3/c1-4-11-20-16(5-2)19-15(17(20)18)12-13(3)14-9-7-6-8-10-14/h4,6-10,13H,1,5,11-12,18H2,2-3H3. The molecular formula is C17H23N3. The maximum atomic E-state index is 6.24. The molecule has 0 saturated carbocycles. The summed E-state index contributed by atoms with van der Waals surface area (Å²) in [7, 11) is 0. The molecule has 1 atom stereocenters. The van der Waals surface area contributed by atoms with Gasteiger partial charge >= 0.3 is 0 Å². The number of aromatic nitrogens is 2. The van der Waals surface area contributed by atoms with Crippen molar-refractivity contribution in [1.29, 1.82) is 0 Å². The lowest BCUT2D eigenvalue weighted by atomic mass is 9.96. The van der Waals surface area contributed by atoms with Crippen LogP contribution >= 0.6 is 0 Å². The third kappa shape index (κ3) is 2.93. The highest BCUT2D eigenvalue weighted by molar-refractivity contribution is 5.40. The number of nitrogens with two attached hydrogens (primary N) is 1. The number of rotatable bonds is 6. The lowest BCUT2D eigenvalue weighted by Crippen LogP contribution is -2.06. The van der Waals surface area contributed by atoms with E-state index in [0.29, 0.717) is 5.92 Å². The Balaban J connectivity index is 2.23. The molecule has 0 aliphatic carbocycles. The molecule has 1 unspecified atom stereocenters. The second kappa shape index (κ2) is 6.42. The van der Waals surface area contributed by atoms with Crippen LogP contribution in [0.1, 0.15) is 36.8 Å². The molecule has 1 aromatic carbocycles. The summed E-state index contributed by atoms with van der Waals surface area (Å²) in [5.41, 5.74) is 8.57. The van der Waals surface area contributed by atoms with Gasteiger partial charge in [-0.1, -0.05) is 50.3 Å². The highest BCUT2D eigenvalue weighted by Crippen LogP contribution is 2.24. The zero-order valence-corrected chi connectivity index (χ0v) is 12.3. The molecule has 3 heteroatoms. The van der Waals surface area contributed by atoms with E-state index in [9.17, 15) is 0 Å². The zero-order chi connectivity index (χ0) is 14.5. The van der Waals surface area contributed by atoms with Crippen molar-refractivity contribution in [3.63, 3.8) is 0 Å². The molecule has 2 rings (SSSR count). The number of nitrogen functional groups attached to an aromatic ring is 1. The summed E-state index contributed by atoms with van der Waals surface area (Å²) in [6.45, 7) is 8.83. The van der Waals surface area contributed by atoms with E-state index in [4.69, 9.17) is 10.7 Å². The van der Waals surface area contributed by atoms with Crippen LogP contribution in [-0.4, -0.2) is 9.55 Å². The van der Waals surface area contributed by atoms with Crippen molar-refractivity contribution in [2.75, 3.05) is 5.73 Å². The zero-order valence-electron chi connectivity index (χ0n) is 12.3. The molecule has 0 bridgehead atoms. The maximum absolute atomic E-state index is 6.24. The minimum atomic E-state index is 0.412. The number of hydrogen-bond acceptors (Lipinski definition) is 2. The Morgan fingerprint density at radius 3 is 2.65 bits per heavy atom. The van der Waals surface area contributed by atoms with E-state index in [-0.39, 0.29) is 0 Å². The first-order chi connectivity index (χ1) is 9.67. The van der Waals surface area contributed by atoms with Crippen LogP contribution < -0.4 is 5.73 Å². The van der Waals surface area contributed by atoms with Crippen LogP contribution in [0.4, 0.5) is 5.82 Å². The van der Waals surface area contributed by atoms with E-state index in [1.165, 1.54) is 5.56 Å². The Bertz CT molecular complexity index is 569. The Morgan fingerprint density at radius 2 is 2.05 bits per heavy atom. The molecule has 3 nitrogen and oxygen atoms in total. The molecule has 1 aromatic heterocycles. The first-order valence-electron chi connectivity index (χ1n) is 7.16. The Hall–Kier alpha value is -2.03. The number of imidazole rings is 1. The fourth-order valence-corrected chi connectivity index (χ4v) is 2.51. The molecule has 1 heterocycles. The van der Waals surface area contributed by atoms with Crippen LogP contribution in [0, 0.1) is 0 Å². The quantitative estimate of drug-likeness (QED) is 0.815. The Labute approximate surface area is 121 Å². The molecule has 20 heavy (non-hydrogen) atoms. The second-order valence-corrected chi connectivity index (χ2v) is 5.13. The second-order valence-electron chi connectivity index (χ2n) is 5.13. The van der Waals surface area contributed by atoms with Crippen molar-refractivity contribution in [3.05, 3.63) is 60.1 Å². The van der Waals surface area contributed by atoms with Crippen LogP contribution in [0.3, 0.4) is 0 Å². The van der Waals surface area contributed by atoms with Crippen molar-refractivity contribution in [2.24, 2.45) is 0 Å². The van der Waals surface area contributed by atoms with E-state index in [0.717, 1.165) is 36.7 Å². The van der Waals surface area contributed by atoms with E-state index < -0.39 is 0 Å². The molecule has 0 amide bonds. The van der Waals surface area contributed by atoms with Gasteiger partial charge < -0.3 is 10.3 Å². The first-order valence-corrected chi connectivity index (χ1v) is 7.16. The fraction of sp³-hybridized carbons (Fsp3) is 0.353. The summed E-state index contributed by atoms with van der Waals surface area (Å²) in [5, 5.41) is 0. The summed E-state index contributed by atoms with van der Waals surface area (Å²) >= 11 is 0. The number of allylic oxidation sites excluding steroid dienone is 1. The van der Waals surface area contributed by atoms with Gasteiger partial charge in [0, 0.05) is 13.0 Å². The molecule has 0 saturated heterocycles. The van der Waals surface area contributed by atoms with E-state index in [1.807, 2.05) is 12.1 Å². The third-order valence-electron chi connectivity index (χ3n) is 3.66. The van der Waals surface area contributed by atoms with Crippen LogP contribution in [0.2, 0.25) is 0 Å². The number of anilines is 1. The van der Waals surface area contributed by atoms with Gasteiger partial charge in [0.2, 0.25) is 0 Å². The van der Waals surface area contributed by atoms with Gasteiger partial charge in [-0.05, 0) is 17.9 Å². The van der Waals surface area contributed by atoms with Gasteiger partial charge in [0.05, 0.1) is 5.69 Å². The van der Waals surface area contributed by atoms with Gasteiger partial charge in [0.15, 0.2) is 0 Å². The topological polar surface area (TPSA) is 43.8 Å². The van der Waals surface area contributed by atoms with E-state index in [2.05, 4.69) is 49.3 Å².